The maximum Gasteiger partial charge on any atom is 0.332 e. The van der Waals surface area contributed by atoms with E-state index in [1.165, 1.54) is 14.1 Å². The van der Waals surface area contributed by atoms with E-state index in [1.54, 1.807) is 0 Å². The van der Waals surface area contributed by atoms with Gasteiger partial charge in [-0.05, 0) is 12.0 Å². The fourth-order valence-corrected chi connectivity index (χ4v) is 2.14. The molecule has 0 fully saturated rings. The molecule has 0 aliphatic heterocycles. The monoisotopic (exact) mass is 345 g/mol. The fourth-order valence-electron chi connectivity index (χ4n) is 2.14. The zero-order chi connectivity index (χ0) is 18.4. The Morgan fingerprint density at radius 1 is 1.08 bits per heavy atom. The van der Waals surface area contributed by atoms with Crippen molar-refractivity contribution in [2.75, 3.05) is 11.9 Å². The second-order valence-corrected chi connectivity index (χ2v) is 5.46. The van der Waals surface area contributed by atoms with Crippen LogP contribution in [0, 0.1) is 0 Å². The molecule has 1 heterocycles. The topological polar surface area (TPSA) is 99.4 Å². The number of esters is 1. The van der Waals surface area contributed by atoms with E-state index in [0.29, 0.717) is 6.42 Å². The van der Waals surface area contributed by atoms with Crippen LogP contribution in [0.4, 0.5) is 5.82 Å². The summed E-state index contributed by atoms with van der Waals surface area (Å²) in [6.07, 6.45) is 0.673. The normalized spacial score (nSPS) is 10.3. The van der Waals surface area contributed by atoms with Crippen LogP contribution in [0.1, 0.15) is 12.0 Å². The lowest BCUT2D eigenvalue weighted by Gasteiger charge is -2.11. The number of hydrogen-bond acceptors (Lipinski definition) is 5. The second-order valence-electron chi connectivity index (χ2n) is 5.46. The molecule has 0 bridgehead atoms. The first-order chi connectivity index (χ1) is 11.9. The molecule has 132 valence electrons. The van der Waals surface area contributed by atoms with E-state index in [9.17, 15) is 19.2 Å². The van der Waals surface area contributed by atoms with Gasteiger partial charge in [-0.3, -0.25) is 23.5 Å². The van der Waals surface area contributed by atoms with Crippen LogP contribution in [0.3, 0.4) is 0 Å². The van der Waals surface area contributed by atoms with Crippen LogP contribution < -0.4 is 16.6 Å². The maximum absolute atomic E-state index is 11.8. The van der Waals surface area contributed by atoms with Crippen molar-refractivity contribution in [3.05, 3.63) is 62.8 Å². The Labute approximate surface area is 143 Å². The Morgan fingerprint density at radius 3 is 2.44 bits per heavy atom. The highest BCUT2D eigenvalue weighted by molar-refractivity contribution is 5.92. The number of rotatable bonds is 6. The van der Waals surface area contributed by atoms with Crippen LogP contribution in [-0.4, -0.2) is 27.6 Å². The lowest BCUT2D eigenvalue weighted by molar-refractivity contribution is -0.147. The highest BCUT2D eigenvalue weighted by atomic mass is 16.5. The van der Waals surface area contributed by atoms with Gasteiger partial charge in [0.25, 0.3) is 11.5 Å². The van der Waals surface area contributed by atoms with Crippen molar-refractivity contribution < 1.29 is 14.3 Å². The van der Waals surface area contributed by atoms with Crippen LogP contribution in [0.5, 0.6) is 0 Å². The number of aryl methyl sites for hydroxylation is 1. The number of carbonyl (C=O) groups excluding carboxylic acids is 2. The molecule has 1 aromatic heterocycles. The molecule has 1 aromatic carbocycles. The molecule has 0 spiro atoms. The summed E-state index contributed by atoms with van der Waals surface area (Å²) in [5.41, 5.74) is -0.111. The third-order valence-electron chi connectivity index (χ3n) is 3.62. The van der Waals surface area contributed by atoms with Gasteiger partial charge >= 0.3 is 11.7 Å². The number of nitrogens with one attached hydrogen (secondary N) is 1. The molecule has 0 aliphatic carbocycles. The smallest absolute Gasteiger partial charge is 0.332 e. The minimum absolute atomic E-state index is 0.0402. The van der Waals surface area contributed by atoms with E-state index < -0.39 is 29.7 Å². The first-order valence-corrected chi connectivity index (χ1v) is 7.65. The molecule has 2 aromatic rings. The van der Waals surface area contributed by atoms with Crippen molar-refractivity contribution in [1.82, 2.24) is 9.13 Å². The van der Waals surface area contributed by atoms with E-state index in [1.807, 2.05) is 30.3 Å². The second kappa shape index (κ2) is 8.09. The average molecular weight is 345 g/mol. The van der Waals surface area contributed by atoms with Crippen molar-refractivity contribution in [3.8, 4) is 0 Å². The van der Waals surface area contributed by atoms with Crippen LogP contribution in [0.2, 0.25) is 0 Å². The predicted molar refractivity (Wildman–Crippen MR) is 91.3 cm³/mol. The van der Waals surface area contributed by atoms with Crippen molar-refractivity contribution in [3.63, 3.8) is 0 Å². The quantitative estimate of drug-likeness (QED) is 0.754. The fraction of sp³-hybridized carbons (Fsp3) is 0.294. The molecule has 0 radical (unpaired) electrons. The van der Waals surface area contributed by atoms with Gasteiger partial charge in [0.1, 0.15) is 5.82 Å². The minimum Gasteiger partial charge on any atom is -0.456 e. The van der Waals surface area contributed by atoms with Gasteiger partial charge < -0.3 is 10.1 Å². The Hall–Kier alpha value is -3.16. The summed E-state index contributed by atoms with van der Waals surface area (Å²) in [6, 6.07) is 10.6. The zero-order valence-corrected chi connectivity index (χ0v) is 14.0. The number of carbonyl (C=O) groups is 2. The van der Waals surface area contributed by atoms with Crippen LogP contribution >= 0.6 is 0 Å². The van der Waals surface area contributed by atoms with Gasteiger partial charge in [-0.1, -0.05) is 30.3 Å². The van der Waals surface area contributed by atoms with Gasteiger partial charge in [-0.2, -0.15) is 0 Å². The summed E-state index contributed by atoms with van der Waals surface area (Å²) in [6.45, 7) is -0.489. The van der Waals surface area contributed by atoms with Gasteiger partial charge in [0.15, 0.2) is 6.61 Å². The van der Waals surface area contributed by atoms with Crippen LogP contribution in [0.15, 0.2) is 46.0 Å². The summed E-state index contributed by atoms with van der Waals surface area (Å²) >= 11 is 0. The Morgan fingerprint density at radius 2 is 1.76 bits per heavy atom. The third-order valence-corrected chi connectivity index (χ3v) is 3.62. The lowest BCUT2D eigenvalue weighted by atomic mass is 10.1. The van der Waals surface area contributed by atoms with Crippen molar-refractivity contribution in [2.24, 2.45) is 14.1 Å². The summed E-state index contributed by atoms with van der Waals surface area (Å²) in [5.74, 6) is -1.09. The molecular weight excluding hydrogens is 326 g/mol. The lowest BCUT2D eigenvalue weighted by Crippen LogP contribution is -2.38. The molecule has 0 saturated carbocycles. The number of amides is 1. The maximum atomic E-state index is 11.8. The summed E-state index contributed by atoms with van der Waals surface area (Å²) in [4.78, 5) is 46.9. The van der Waals surface area contributed by atoms with Gasteiger partial charge in [-0.15, -0.1) is 0 Å². The van der Waals surface area contributed by atoms with Crippen molar-refractivity contribution in [1.29, 1.82) is 0 Å². The predicted octanol–water partition coefficient (Wildman–Crippen LogP) is 0.198. The van der Waals surface area contributed by atoms with E-state index in [-0.39, 0.29) is 12.2 Å². The molecule has 0 unspecified atom stereocenters. The molecular formula is C17H19N3O5. The number of ether oxygens (including phenoxy) is 1. The first-order valence-electron chi connectivity index (χ1n) is 7.65. The molecule has 0 aliphatic rings. The molecule has 2 rings (SSSR count). The van der Waals surface area contributed by atoms with E-state index in [0.717, 1.165) is 20.8 Å². The first kappa shape index (κ1) is 18.2. The van der Waals surface area contributed by atoms with Gasteiger partial charge in [0.05, 0.1) is 0 Å². The van der Waals surface area contributed by atoms with Crippen molar-refractivity contribution >= 4 is 17.7 Å². The summed E-state index contributed by atoms with van der Waals surface area (Å²) in [7, 11) is 2.76. The average Bonchev–Trinajstić information content (AvgIpc) is 2.61. The molecule has 25 heavy (non-hydrogen) atoms. The molecule has 1 N–H and O–H groups in total. The highest BCUT2D eigenvalue weighted by Gasteiger charge is 2.11. The number of benzene rings is 1. The summed E-state index contributed by atoms with van der Waals surface area (Å²) < 4.78 is 6.94. The molecule has 8 heteroatoms. The Balaban J connectivity index is 1.86. The van der Waals surface area contributed by atoms with Gasteiger partial charge in [-0.25, -0.2) is 4.79 Å². The molecule has 0 atom stereocenters. The minimum atomic E-state index is -0.628. The van der Waals surface area contributed by atoms with E-state index in [2.05, 4.69) is 5.32 Å². The Kier molecular flexibility index (Phi) is 5.89. The Bertz CT molecular complexity index is 883. The van der Waals surface area contributed by atoms with E-state index in [4.69, 9.17) is 4.74 Å². The largest absolute Gasteiger partial charge is 0.456 e. The summed E-state index contributed by atoms with van der Waals surface area (Å²) in [5, 5.41) is 2.38. The molecule has 0 saturated heterocycles. The van der Waals surface area contributed by atoms with Gasteiger partial charge in [0, 0.05) is 26.6 Å². The van der Waals surface area contributed by atoms with Crippen LogP contribution in [0.25, 0.3) is 0 Å². The molecule has 1 amide bonds. The van der Waals surface area contributed by atoms with Crippen molar-refractivity contribution in [2.45, 2.75) is 12.8 Å². The highest BCUT2D eigenvalue weighted by Crippen LogP contribution is 2.03. The number of hydrogen-bond donors (Lipinski definition) is 1. The SMILES string of the molecule is Cn1c(NC(=O)COC(=O)CCc2ccccc2)cc(=O)n(C)c1=O. The number of nitrogens with zero attached hydrogens (tertiary/aromatic N) is 2. The standard InChI is InChI=1S/C17H19N3O5/c1-19-13(10-15(22)20(2)17(19)24)18-14(21)11-25-16(23)9-8-12-6-4-3-5-7-12/h3-7,10H,8-9,11H2,1-2H3,(H,18,21). The number of aromatic nitrogens is 2. The van der Waals surface area contributed by atoms with E-state index >= 15 is 0 Å². The number of anilines is 1. The third kappa shape index (κ3) is 4.90. The zero-order valence-electron chi connectivity index (χ0n) is 14.0. The van der Waals surface area contributed by atoms with Gasteiger partial charge in [0.2, 0.25) is 0 Å². The van der Waals surface area contributed by atoms with Crippen LogP contribution in [-0.2, 0) is 34.8 Å². The molecule has 8 nitrogen and oxygen atoms in total.